The predicted octanol–water partition coefficient (Wildman–Crippen LogP) is 5.41. The van der Waals surface area contributed by atoms with Gasteiger partial charge in [-0.25, -0.2) is 8.78 Å². The van der Waals surface area contributed by atoms with Crippen molar-refractivity contribution in [3.8, 4) is 11.3 Å². The van der Waals surface area contributed by atoms with Gasteiger partial charge in [-0.15, -0.1) is 0 Å². The average Bonchev–Trinajstić information content (AvgIpc) is 3.30. The summed E-state index contributed by atoms with van der Waals surface area (Å²) in [5.74, 6) is -0.936. The van der Waals surface area contributed by atoms with Crippen LogP contribution < -0.4 is 0 Å². The van der Waals surface area contributed by atoms with E-state index in [4.69, 9.17) is 0 Å². The Hall–Kier alpha value is -3.80. The minimum Gasteiger partial charge on any atom is -0.322 e. The minimum absolute atomic E-state index is 0.223. The van der Waals surface area contributed by atoms with Gasteiger partial charge >= 0.3 is 0 Å². The van der Waals surface area contributed by atoms with E-state index in [0.29, 0.717) is 17.0 Å². The maximum Gasteiger partial charge on any atom is 0.273 e. The first-order chi connectivity index (χ1) is 15.0. The molecule has 3 aromatic carbocycles. The standard InChI is InChI=1S/C25H19F2N3O/c1-15-5-9-17(10-6-15)22-21-23(29-28-22)25(31)30(14-16-7-11-19(26)12-8-16)24(21)18-3-2-4-20(27)13-18/h2-13,24H,14H2,1H3,(H,28,29). The summed E-state index contributed by atoms with van der Waals surface area (Å²) in [6.45, 7) is 2.26. The highest BCUT2D eigenvalue weighted by Crippen LogP contribution is 2.43. The third-order valence-corrected chi connectivity index (χ3v) is 5.62. The fraction of sp³-hybridized carbons (Fsp3) is 0.120. The maximum atomic E-state index is 14.1. The fourth-order valence-corrected chi connectivity index (χ4v) is 4.10. The Balaban J connectivity index is 1.64. The van der Waals surface area contributed by atoms with E-state index in [0.717, 1.165) is 22.3 Å². The number of nitrogens with one attached hydrogen (secondary N) is 1. The summed E-state index contributed by atoms with van der Waals surface area (Å²) < 4.78 is 27.5. The molecule has 1 amide bonds. The van der Waals surface area contributed by atoms with E-state index in [2.05, 4.69) is 10.2 Å². The molecule has 0 fully saturated rings. The highest BCUT2D eigenvalue weighted by Gasteiger charge is 2.42. The minimum atomic E-state index is -0.515. The Morgan fingerprint density at radius 3 is 2.42 bits per heavy atom. The number of benzene rings is 3. The lowest BCUT2D eigenvalue weighted by Gasteiger charge is -2.26. The monoisotopic (exact) mass is 415 g/mol. The maximum absolute atomic E-state index is 14.1. The number of hydrogen-bond acceptors (Lipinski definition) is 2. The molecule has 0 spiro atoms. The van der Waals surface area contributed by atoms with Crippen molar-refractivity contribution in [3.63, 3.8) is 0 Å². The number of aryl methyl sites for hydroxylation is 1. The van der Waals surface area contributed by atoms with Gasteiger partial charge in [0.05, 0.1) is 11.7 Å². The number of aromatic nitrogens is 2. The summed E-state index contributed by atoms with van der Waals surface area (Å²) in [7, 11) is 0. The number of halogens is 2. The van der Waals surface area contributed by atoms with Crippen molar-refractivity contribution in [2.24, 2.45) is 0 Å². The van der Waals surface area contributed by atoms with E-state index < -0.39 is 6.04 Å². The number of fused-ring (bicyclic) bond motifs is 1. The van der Waals surface area contributed by atoms with E-state index in [9.17, 15) is 13.6 Å². The Labute approximate surface area is 178 Å². The summed E-state index contributed by atoms with van der Waals surface area (Å²) in [5.41, 5.74) is 5.22. The first kappa shape index (κ1) is 19.2. The van der Waals surface area contributed by atoms with Gasteiger partial charge in [0.15, 0.2) is 0 Å². The van der Waals surface area contributed by atoms with Gasteiger partial charge in [-0.3, -0.25) is 9.89 Å². The number of carbonyl (C=O) groups excluding carboxylic acids is 1. The van der Waals surface area contributed by atoms with Gasteiger partial charge in [-0.1, -0.05) is 54.1 Å². The van der Waals surface area contributed by atoms with Crippen LogP contribution in [0.15, 0.2) is 72.8 Å². The first-order valence-corrected chi connectivity index (χ1v) is 9.97. The van der Waals surface area contributed by atoms with E-state index in [1.54, 1.807) is 29.2 Å². The van der Waals surface area contributed by atoms with Gasteiger partial charge in [0.25, 0.3) is 5.91 Å². The fourth-order valence-electron chi connectivity index (χ4n) is 4.10. The van der Waals surface area contributed by atoms with Crippen LogP contribution in [-0.4, -0.2) is 21.0 Å². The van der Waals surface area contributed by atoms with Crippen molar-refractivity contribution in [2.45, 2.75) is 19.5 Å². The molecule has 5 rings (SSSR count). The average molecular weight is 415 g/mol. The third-order valence-electron chi connectivity index (χ3n) is 5.62. The Morgan fingerprint density at radius 2 is 1.71 bits per heavy atom. The zero-order chi connectivity index (χ0) is 21.5. The van der Waals surface area contributed by atoms with Crippen LogP contribution in [0.25, 0.3) is 11.3 Å². The summed E-state index contributed by atoms with van der Waals surface area (Å²) in [6.07, 6.45) is 0. The molecule has 1 N–H and O–H groups in total. The van der Waals surface area contributed by atoms with E-state index >= 15 is 0 Å². The van der Waals surface area contributed by atoms with Crippen LogP contribution in [0.1, 0.15) is 38.8 Å². The molecule has 31 heavy (non-hydrogen) atoms. The number of hydrogen-bond donors (Lipinski definition) is 1. The number of rotatable bonds is 4. The molecule has 1 atom stereocenters. The first-order valence-electron chi connectivity index (χ1n) is 9.97. The van der Waals surface area contributed by atoms with Gasteiger partial charge in [-0.2, -0.15) is 5.10 Å². The molecule has 0 saturated heterocycles. The lowest BCUT2D eigenvalue weighted by molar-refractivity contribution is 0.0730. The molecule has 1 aliphatic rings. The third kappa shape index (κ3) is 3.40. The number of H-pyrrole nitrogens is 1. The van der Waals surface area contributed by atoms with Gasteiger partial charge < -0.3 is 4.90 Å². The van der Waals surface area contributed by atoms with Crippen LogP contribution in [0.5, 0.6) is 0 Å². The van der Waals surface area contributed by atoms with Gasteiger partial charge in [0, 0.05) is 17.7 Å². The summed E-state index contributed by atoms with van der Waals surface area (Å²) in [6, 6.07) is 19.7. The normalized spacial score (nSPS) is 15.4. The quantitative estimate of drug-likeness (QED) is 0.485. The van der Waals surface area contributed by atoms with Crippen LogP contribution in [0, 0.1) is 18.6 Å². The molecule has 0 aliphatic carbocycles. The van der Waals surface area contributed by atoms with Crippen LogP contribution in [-0.2, 0) is 6.54 Å². The Bertz CT molecular complexity index is 1260. The Morgan fingerprint density at radius 1 is 0.968 bits per heavy atom. The molecule has 1 aliphatic heterocycles. The highest BCUT2D eigenvalue weighted by atomic mass is 19.1. The zero-order valence-electron chi connectivity index (χ0n) is 16.8. The molecular weight excluding hydrogens is 396 g/mol. The number of carbonyl (C=O) groups is 1. The van der Waals surface area contributed by atoms with E-state index in [-0.39, 0.29) is 24.1 Å². The second kappa shape index (κ2) is 7.47. The molecule has 154 valence electrons. The smallest absolute Gasteiger partial charge is 0.273 e. The van der Waals surface area contributed by atoms with Crippen molar-refractivity contribution in [3.05, 3.63) is 112 Å². The van der Waals surface area contributed by atoms with Crippen molar-refractivity contribution < 1.29 is 13.6 Å². The molecule has 0 bridgehead atoms. The summed E-state index contributed by atoms with van der Waals surface area (Å²) >= 11 is 0. The van der Waals surface area contributed by atoms with Crippen molar-refractivity contribution in [1.82, 2.24) is 15.1 Å². The highest BCUT2D eigenvalue weighted by molar-refractivity contribution is 6.00. The molecule has 0 radical (unpaired) electrons. The van der Waals surface area contributed by atoms with Gasteiger partial charge in [0.1, 0.15) is 17.3 Å². The number of nitrogens with zero attached hydrogens (tertiary/aromatic N) is 2. The molecule has 6 heteroatoms. The Kier molecular flexibility index (Phi) is 4.62. The zero-order valence-corrected chi connectivity index (χ0v) is 16.8. The van der Waals surface area contributed by atoms with E-state index in [1.165, 1.54) is 24.3 Å². The lowest BCUT2D eigenvalue weighted by Crippen LogP contribution is -2.29. The van der Waals surface area contributed by atoms with Crippen LogP contribution in [0.3, 0.4) is 0 Å². The molecule has 0 saturated carbocycles. The SMILES string of the molecule is Cc1ccc(-c2n[nH]c3c2C(c2cccc(F)c2)N(Cc2ccc(F)cc2)C3=O)cc1. The van der Waals surface area contributed by atoms with Crippen LogP contribution >= 0.6 is 0 Å². The second-order valence-corrected chi connectivity index (χ2v) is 7.74. The van der Waals surface area contributed by atoms with E-state index in [1.807, 2.05) is 31.2 Å². The lowest BCUT2D eigenvalue weighted by atomic mass is 9.95. The van der Waals surface area contributed by atoms with Crippen molar-refractivity contribution in [2.75, 3.05) is 0 Å². The summed E-state index contributed by atoms with van der Waals surface area (Å²) in [5, 5.41) is 7.32. The number of aromatic amines is 1. The van der Waals surface area contributed by atoms with Crippen molar-refractivity contribution >= 4 is 5.91 Å². The molecular formula is C25H19F2N3O. The van der Waals surface area contributed by atoms with Crippen LogP contribution in [0.2, 0.25) is 0 Å². The van der Waals surface area contributed by atoms with Gasteiger partial charge in [-0.05, 0) is 42.3 Å². The summed E-state index contributed by atoms with van der Waals surface area (Å²) in [4.78, 5) is 15.0. The predicted molar refractivity (Wildman–Crippen MR) is 113 cm³/mol. The largest absolute Gasteiger partial charge is 0.322 e. The van der Waals surface area contributed by atoms with Crippen molar-refractivity contribution in [1.29, 1.82) is 0 Å². The van der Waals surface area contributed by atoms with Crippen LogP contribution in [0.4, 0.5) is 8.78 Å². The molecule has 1 unspecified atom stereocenters. The topological polar surface area (TPSA) is 49.0 Å². The molecule has 1 aromatic heterocycles. The molecule has 2 heterocycles. The molecule has 4 nitrogen and oxygen atoms in total. The van der Waals surface area contributed by atoms with Gasteiger partial charge in [0.2, 0.25) is 0 Å². The number of amides is 1. The molecule has 4 aromatic rings. The second-order valence-electron chi connectivity index (χ2n) is 7.74.